The summed E-state index contributed by atoms with van der Waals surface area (Å²) < 4.78 is 19.4. The zero-order valence-corrected chi connectivity index (χ0v) is 18.6. The van der Waals surface area contributed by atoms with Gasteiger partial charge in [0.05, 0.1) is 17.6 Å². The minimum atomic E-state index is -2.56. The fourth-order valence-electron chi connectivity index (χ4n) is 4.07. The van der Waals surface area contributed by atoms with Crippen molar-refractivity contribution in [2.45, 2.75) is 25.1 Å². The van der Waals surface area contributed by atoms with E-state index >= 15 is 0 Å². The van der Waals surface area contributed by atoms with Crippen LogP contribution in [0.4, 0.5) is 0 Å². The maximum absolute atomic E-state index is 12.6. The Morgan fingerprint density at radius 1 is 1.03 bits per heavy atom. The van der Waals surface area contributed by atoms with E-state index in [9.17, 15) is 23.8 Å². The van der Waals surface area contributed by atoms with Crippen LogP contribution in [0.5, 0.6) is 0 Å². The van der Waals surface area contributed by atoms with Crippen LogP contribution in [0.3, 0.4) is 0 Å². The molecule has 32 heavy (non-hydrogen) atoms. The predicted molar refractivity (Wildman–Crippen MR) is 124 cm³/mol. The number of hydrogen-bond donors (Lipinski definition) is 5. The maximum Gasteiger partial charge on any atom is 0.253 e. The van der Waals surface area contributed by atoms with Crippen LogP contribution >= 0.6 is 10.6 Å². The number of carbonyl (C=O) groups excluding carboxylic acids is 2. The van der Waals surface area contributed by atoms with E-state index in [0.29, 0.717) is 37.2 Å². The highest BCUT2D eigenvalue weighted by Crippen LogP contribution is 2.40. The molecule has 2 aliphatic rings. The van der Waals surface area contributed by atoms with Crippen LogP contribution in [-0.4, -0.2) is 74.2 Å². The summed E-state index contributed by atoms with van der Waals surface area (Å²) in [6, 6.07) is 14.4. The summed E-state index contributed by atoms with van der Waals surface area (Å²) >= 11 is 0. The minimum absolute atomic E-state index is 0.125. The fourth-order valence-corrected chi connectivity index (χ4v) is 5.30. The first kappa shape index (κ1) is 22.8. The molecule has 9 heteroatoms. The second-order valence-electron chi connectivity index (χ2n) is 8.32. The van der Waals surface area contributed by atoms with Crippen LogP contribution in [0.1, 0.15) is 31.8 Å². The molecular weight excluding hydrogens is 430 g/mol. The molecule has 2 aromatic carbocycles. The number of carbonyl (C=O) groups is 2. The van der Waals surface area contributed by atoms with Gasteiger partial charge in [-0.15, -0.1) is 0 Å². The summed E-state index contributed by atoms with van der Waals surface area (Å²) in [7, 11) is -2.56. The maximum atomic E-state index is 12.6. The first-order valence-electron chi connectivity index (χ1n) is 10.7. The van der Waals surface area contributed by atoms with Crippen LogP contribution in [0.15, 0.2) is 48.5 Å². The van der Waals surface area contributed by atoms with Crippen molar-refractivity contribution in [1.29, 1.82) is 0 Å². The number of fused-ring (bicyclic) bond motifs is 1. The first-order valence-corrected chi connectivity index (χ1v) is 12.6. The Hall–Kier alpha value is -2.43. The molecule has 172 valence electrons. The molecule has 5 N–H and O–H groups in total. The molecule has 0 radical (unpaired) electrons. The van der Waals surface area contributed by atoms with Gasteiger partial charge in [0.25, 0.3) is 11.8 Å². The lowest BCUT2D eigenvalue weighted by Gasteiger charge is -2.40. The second kappa shape index (κ2) is 9.60. The molecule has 0 spiro atoms. The summed E-state index contributed by atoms with van der Waals surface area (Å²) in [5.74, 6) is -0.108. The van der Waals surface area contributed by atoms with E-state index in [-0.39, 0.29) is 35.9 Å². The molecule has 2 amide bonds. The third-order valence-electron chi connectivity index (χ3n) is 6.11. The van der Waals surface area contributed by atoms with Crippen molar-refractivity contribution in [3.63, 3.8) is 0 Å². The van der Waals surface area contributed by atoms with Gasteiger partial charge < -0.3 is 20.6 Å². The van der Waals surface area contributed by atoms with E-state index in [1.165, 1.54) is 11.1 Å². The van der Waals surface area contributed by atoms with Gasteiger partial charge in [-0.25, -0.2) is 0 Å². The Kier molecular flexibility index (Phi) is 6.82. The van der Waals surface area contributed by atoms with Crippen molar-refractivity contribution >= 4 is 22.4 Å². The third kappa shape index (κ3) is 5.31. The zero-order chi connectivity index (χ0) is 22.7. The molecule has 4 rings (SSSR count). The second-order valence-corrected chi connectivity index (χ2v) is 10.7. The van der Waals surface area contributed by atoms with Gasteiger partial charge in [-0.05, 0) is 41.8 Å². The highest BCUT2D eigenvalue weighted by molar-refractivity contribution is 8.24. The van der Waals surface area contributed by atoms with Gasteiger partial charge in [-0.3, -0.25) is 18.7 Å². The molecule has 2 aliphatic heterocycles. The van der Waals surface area contributed by atoms with Gasteiger partial charge in [0.1, 0.15) is 0 Å². The lowest BCUT2D eigenvalue weighted by atomic mass is 9.93. The molecule has 0 saturated carbocycles. The topological polar surface area (TPSA) is 122 Å². The van der Waals surface area contributed by atoms with E-state index in [1.807, 2.05) is 12.1 Å². The lowest BCUT2D eigenvalue weighted by molar-refractivity contribution is 0.0767. The largest absolute Gasteiger partial charge is 0.390 e. The van der Waals surface area contributed by atoms with Gasteiger partial charge in [0.2, 0.25) is 0 Å². The zero-order valence-electron chi connectivity index (χ0n) is 17.7. The summed E-state index contributed by atoms with van der Waals surface area (Å²) in [5.41, 5.74) is 3.29. The smallest absolute Gasteiger partial charge is 0.253 e. The highest BCUT2D eigenvalue weighted by Gasteiger charge is 2.27. The van der Waals surface area contributed by atoms with Crippen molar-refractivity contribution in [1.82, 2.24) is 15.5 Å². The van der Waals surface area contributed by atoms with Crippen molar-refractivity contribution in [3.05, 3.63) is 70.8 Å². The predicted octanol–water partition coefficient (Wildman–Crippen LogP) is 1.70. The van der Waals surface area contributed by atoms with E-state index in [4.69, 9.17) is 0 Å². The number of nitrogens with zero attached hydrogens (tertiary/aromatic N) is 1. The van der Waals surface area contributed by atoms with Gasteiger partial charge in [-0.1, -0.05) is 24.3 Å². The third-order valence-corrected chi connectivity index (χ3v) is 7.78. The summed E-state index contributed by atoms with van der Waals surface area (Å²) in [6.45, 7) is 1.43. The van der Waals surface area contributed by atoms with Gasteiger partial charge in [-0.2, -0.15) is 10.6 Å². The molecule has 1 saturated heterocycles. The van der Waals surface area contributed by atoms with Crippen molar-refractivity contribution in [3.8, 4) is 0 Å². The number of rotatable bonds is 5. The summed E-state index contributed by atoms with van der Waals surface area (Å²) in [6.07, 6.45) is -0.0186. The number of amides is 2. The Balaban J connectivity index is 1.28. The highest BCUT2D eigenvalue weighted by atomic mass is 32.3. The Morgan fingerprint density at radius 3 is 2.34 bits per heavy atom. The lowest BCUT2D eigenvalue weighted by Crippen LogP contribution is -2.49. The molecular formula is C23H29N3O5S. The molecule has 2 heterocycles. The van der Waals surface area contributed by atoms with Gasteiger partial charge >= 0.3 is 0 Å². The molecule has 2 atom stereocenters. The Bertz CT molecular complexity index is 972. The van der Waals surface area contributed by atoms with E-state index in [0.717, 1.165) is 0 Å². The number of benzene rings is 2. The van der Waals surface area contributed by atoms with Gasteiger partial charge in [0, 0.05) is 43.3 Å². The molecule has 0 unspecified atom stereocenters. The molecule has 8 nitrogen and oxygen atoms in total. The quantitative estimate of drug-likeness (QED) is 0.464. The Labute approximate surface area is 189 Å². The number of aliphatic hydroxyl groups excluding tert-OH is 1. The SMILES string of the molecule is O=C(NC[C@@H](O)[C@@H]1Cc2ccccc2CN1)c1ccc(C(=O)N2CCS(O)(O)CC2)cc1. The number of hydrogen-bond acceptors (Lipinski definition) is 6. The van der Waals surface area contributed by atoms with Crippen LogP contribution in [0, 0.1) is 0 Å². The van der Waals surface area contributed by atoms with E-state index in [1.54, 1.807) is 29.2 Å². The average Bonchev–Trinajstić information content (AvgIpc) is 2.81. The fraction of sp³-hybridized carbons (Fsp3) is 0.391. The van der Waals surface area contributed by atoms with Crippen molar-refractivity contribution in [2.75, 3.05) is 31.1 Å². The molecule has 2 aromatic rings. The van der Waals surface area contributed by atoms with E-state index < -0.39 is 16.7 Å². The van der Waals surface area contributed by atoms with Crippen LogP contribution in [0.2, 0.25) is 0 Å². The van der Waals surface area contributed by atoms with Crippen molar-refractivity contribution < 1.29 is 23.8 Å². The standard InChI is InChI=1S/C23H29N3O5S/c27-21(20-13-18-3-1-2-4-19(18)14-24-20)15-25-22(28)16-5-7-17(8-6-16)23(29)26-9-11-32(30,31)12-10-26/h1-8,20-21,24,27,30-31H,9-15H2,(H,25,28)/t20-,21+/m0/s1. The monoisotopic (exact) mass is 459 g/mol. The first-order chi connectivity index (χ1) is 15.3. The minimum Gasteiger partial charge on any atom is -0.390 e. The number of nitrogens with one attached hydrogen (secondary N) is 2. The normalized spacial score (nSPS) is 21.8. The summed E-state index contributed by atoms with van der Waals surface area (Å²) in [5, 5.41) is 16.6. The molecule has 0 bridgehead atoms. The van der Waals surface area contributed by atoms with Crippen LogP contribution < -0.4 is 10.6 Å². The molecule has 0 aromatic heterocycles. The van der Waals surface area contributed by atoms with Crippen LogP contribution in [0.25, 0.3) is 0 Å². The van der Waals surface area contributed by atoms with Gasteiger partial charge in [0.15, 0.2) is 0 Å². The van der Waals surface area contributed by atoms with E-state index in [2.05, 4.69) is 22.8 Å². The Morgan fingerprint density at radius 2 is 1.66 bits per heavy atom. The van der Waals surface area contributed by atoms with Crippen molar-refractivity contribution in [2.24, 2.45) is 0 Å². The number of aliphatic hydroxyl groups is 1. The summed E-state index contributed by atoms with van der Waals surface area (Å²) in [4.78, 5) is 26.7. The van der Waals surface area contributed by atoms with Crippen LogP contribution in [-0.2, 0) is 13.0 Å². The molecule has 0 aliphatic carbocycles. The average molecular weight is 460 g/mol. The molecule has 1 fully saturated rings.